The number of aromatic nitrogens is 2. The van der Waals surface area contributed by atoms with Crippen LogP contribution in [0.1, 0.15) is 45.1 Å². The van der Waals surface area contributed by atoms with Crippen molar-refractivity contribution in [2.75, 3.05) is 30.1 Å². The molecule has 0 aliphatic carbocycles. The third-order valence-electron chi connectivity index (χ3n) is 7.17. The van der Waals surface area contributed by atoms with E-state index >= 15 is 0 Å². The van der Waals surface area contributed by atoms with E-state index < -0.39 is 16.0 Å². The molecule has 218 valence electrons. The van der Waals surface area contributed by atoms with Gasteiger partial charge in [0.1, 0.15) is 5.75 Å². The van der Waals surface area contributed by atoms with Crippen LogP contribution < -0.4 is 19.7 Å². The molecular formula is C30H31N5O5S2. The Kier molecular flexibility index (Phi) is 7.93. The second-order valence-corrected chi connectivity index (χ2v) is 12.1. The van der Waals surface area contributed by atoms with E-state index in [9.17, 15) is 13.2 Å². The Morgan fingerprint density at radius 3 is 2.48 bits per heavy atom. The number of sulfonamides is 1. The molecule has 1 fully saturated rings. The third-order valence-corrected chi connectivity index (χ3v) is 8.07. The maximum atomic E-state index is 12.3. The summed E-state index contributed by atoms with van der Waals surface area (Å²) in [4.78, 5) is 18.9. The second kappa shape index (κ2) is 11.5. The molecule has 12 heteroatoms. The molecule has 1 aliphatic heterocycles. The number of nitrogens with one attached hydrogen (secondary N) is 2. The highest BCUT2D eigenvalue weighted by Gasteiger charge is 2.42. The van der Waals surface area contributed by atoms with Gasteiger partial charge in [0, 0.05) is 29.0 Å². The lowest BCUT2D eigenvalue weighted by molar-refractivity contribution is 0.0600. The Hall–Kier alpha value is -4.42. The Bertz CT molecular complexity index is 1770. The van der Waals surface area contributed by atoms with Crippen LogP contribution in [0.15, 0.2) is 72.9 Å². The number of aryl methyl sites for hydroxylation is 1. The largest absolute Gasteiger partial charge is 0.495 e. The highest BCUT2D eigenvalue weighted by atomic mass is 32.2. The van der Waals surface area contributed by atoms with E-state index in [4.69, 9.17) is 21.7 Å². The monoisotopic (exact) mass is 605 g/mol. The molecular weight excluding hydrogens is 574 g/mol. The summed E-state index contributed by atoms with van der Waals surface area (Å²) in [6.07, 6.45) is 2.83. The maximum Gasteiger partial charge on any atom is 0.337 e. The van der Waals surface area contributed by atoms with Crippen LogP contribution in [-0.4, -0.2) is 49.5 Å². The van der Waals surface area contributed by atoms with E-state index in [1.807, 2.05) is 55.1 Å². The lowest BCUT2D eigenvalue weighted by atomic mass is 9.96. The summed E-state index contributed by atoms with van der Waals surface area (Å²) >= 11 is 5.89. The van der Waals surface area contributed by atoms with Gasteiger partial charge in [0.25, 0.3) is 0 Å². The number of hydrogen-bond donors (Lipinski definition) is 2. The van der Waals surface area contributed by atoms with Gasteiger partial charge in [-0.1, -0.05) is 12.1 Å². The van der Waals surface area contributed by atoms with Crippen molar-refractivity contribution >= 4 is 44.7 Å². The topological polar surface area (TPSA) is 115 Å². The molecule has 0 radical (unpaired) electrons. The van der Waals surface area contributed by atoms with Crippen molar-refractivity contribution in [3.8, 4) is 11.4 Å². The first-order chi connectivity index (χ1) is 20.0. The fourth-order valence-corrected chi connectivity index (χ4v) is 6.35. The fourth-order valence-electron chi connectivity index (χ4n) is 5.45. The molecule has 5 rings (SSSR count). The van der Waals surface area contributed by atoms with E-state index in [0.29, 0.717) is 27.8 Å². The minimum atomic E-state index is -3.58. The van der Waals surface area contributed by atoms with Crippen LogP contribution in [0.25, 0.3) is 5.69 Å². The van der Waals surface area contributed by atoms with Gasteiger partial charge in [-0.2, -0.15) is 0 Å². The van der Waals surface area contributed by atoms with Crippen molar-refractivity contribution in [3.05, 3.63) is 101 Å². The molecule has 3 heterocycles. The third kappa shape index (κ3) is 5.55. The zero-order valence-corrected chi connectivity index (χ0v) is 25.4. The van der Waals surface area contributed by atoms with Crippen molar-refractivity contribution in [2.24, 2.45) is 0 Å². The number of benzene rings is 2. The molecule has 2 atom stereocenters. The zero-order chi connectivity index (χ0) is 30.2. The number of anilines is 2. The number of methoxy groups -OCH3 is 2. The molecule has 0 bridgehead atoms. The van der Waals surface area contributed by atoms with Crippen LogP contribution in [0.5, 0.6) is 5.75 Å². The molecule has 1 saturated heterocycles. The molecule has 0 saturated carbocycles. The first-order valence-electron chi connectivity index (χ1n) is 13.1. The van der Waals surface area contributed by atoms with E-state index in [0.717, 1.165) is 34.6 Å². The normalized spacial score (nSPS) is 16.7. The van der Waals surface area contributed by atoms with Gasteiger partial charge in [0.15, 0.2) is 5.11 Å². The van der Waals surface area contributed by atoms with Gasteiger partial charge in [0.2, 0.25) is 10.0 Å². The predicted octanol–water partition coefficient (Wildman–Crippen LogP) is 4.83. The molecule has 2 aromatic heterocycles. The van der Waals surface area contributed by atoms with Gasteiger partial charge in [-0.15, -0.1) is 0 Å². The molecule has 2 aromatic carbocycles. The van der Waals surface area contributed by atoms with Gasteiger partial charge in [-0.05, 0) is 86.2 Å². The molecule has 0 amide bonds. The van der Waals surface area contributed by atoms with E-state index in [-0.39, 0.29) is 12.1 Å². The lowest BCUT2D eigenvalue weighted by Crippen LogP contribution is -2.29. The minimum absolute atomic E-state index is 0.297. The predicted molar refractivity (Wildman–Crippen MR) is 166 cm³/mol. The number of rotatable bonds is 8. The molecule has 4 aromatic rings. The van der Waals surface area contributed by atoms with Crippen LogP contribution in [0, 0.1) is 13.8 Å². The summed E-state index contributed by atoms with van der Waals surface area (Å²) in [5.41, 5.74) is 5.91. The number of carbonyl (C=O) groups excluding carboxylic acids is 1. The number of carbonyl (C=O) groups is 1. The van der Waals surface area contributed by atoms with Crippen molar-refractivity contribution < 1.29 is 22.7 Å². The number of nitrogens with zero attached hydrogens (tertiary/aromatic N) is 3. The average molecular weight is 606 g/mol. The summed E-state index contributed by atoms with van der Waals surface area (Å²) in [6.45, 7) is 4.02. The quantitative estimate of drug-likeness (QED) is 0.215. The Morgan fingerprint density at radius 2 is 1.81 bits per heavy atom. The molecule has 42 heavy (non-hydrogen) atoms. The second-order valence-electron chi connectivity index (χ2n) is 9.96. The molecule has 1 aliphatic rings. The van der Waals surface area contributed by atoms with Crippen LogP contribution in [0.3, 0.4) is 0 Å². The highest BCUT2D eigenvalue weighted by molar-refractivity contribution is 7.92. The summed E-state index contributed by atoms with van der Waals surface area (Å²) in [5, 5.41) is 3.91. The number of ether oxygens (including phenoxy) is 2. The number of hydrogen-bond acceptors (Lipinski definition) is 7. The fraction of sp³-hybridized carbons (Fsp3) is 0.233. The zero-order valence-electron chi connectivity index (χ0n) is 23.8. The standard InChI is InChI=1S/C30H31N5O5S2/c1-18-15-23(19(2)34(18)21-10-8-9-20(16-21)29(36)40-4)28-27(24-11-6-7-14-31-24)32-30(41)35(28)22-12-13-26(39-3)25(17-22)33-42(5,37)38/h6-17,27-28,33H,1-5H3,(H,32,41)/t27-,28+/m1/s1. The smallest absolute Gasteiger partial charge is 0.337 e. The van der Waals surface area contributed by atoms with Crippen LogP contribution in [-0.2, 0) is 14.8 Å². The lowest BCUT2D eigenvalue weighted by Gasteiger charge is -2.29. The first-order valence-corrected chi connectivity index (χ1v) is 15.4. The van der Waals surface area contributed by atoms with Crippen molar-refractivity contribution in [3.63, 3.8) is 0 Å². The van der Waals surface area contributed by atoms with Crippen molar-refractivity contribution in [1.82, 2.24) is 14.9 Å². The number of pyridine rings is 1. The van der Waals surface area contributed by atoms with Crippen molar-refractivity contribution in [1.29, 1.82) is 0 Å². The minimum Gasteiger partial charge on any atom is -0.495 e. The SMILES string of the molecule is COC(=O)c1cccc(-n2c(C)cc([C@H]3[C@@H](c4ccccn4)NC(=S)N3c3ccc(OC)c(NS(C)(=O)=O)c3)c2C)c1. The van der Waals surface area contributed by atoms with Gasteiger partial charge in [0.05, 0.1) is 49.5 Å². The highest BCUT2D eigenvalue weighted by Crippen LogP contribution is 2.45. The van der Waals surface area contributed by atoms with E-state index in [2.05, 4.69) is 25.7 Å². The Balaban J connectivity index is 1.68. The molecule has 10 nitrogen and oxygen atoms in total. The molecule has 0 spiro atoms. The number of esters is 1. The van der Waals surface area contributed by atoms with Gasteiger partial charge in [-0.25, -0.2) is 13.2 Å². The maximum absolute atomic E-state index is 12.3. The van der Waals surface area contributed by atoms with Crippen molar-refractivity contribution in [2.45, 2.75) is 25.9 Å². The van der Waals surface area contributed by atoms with Crippen LogP contribution in [0.4, 0.5) is 11.4 Å². The van der Waals surface area contributed by atoms with Crippen LogP contribution in [0.2, 0.25) is 0 Å². The van der Waals surface area contributed by atoms with E-state index in [1.165, 1.54) is 14.2 Å². The summed E-state index contributed by atoms with van der Waals surface area (Å²) in [5.74, 6) is -0.0342. The average Bonchev–Trinajstić information content (AvgIpc) is 3.46. The molecule has 0 unspecified atom stereocenters. The first kappa shape index (κ1) is 29.1. The summed E-state index contributed by atoms with van der Waals surface area (Å²) in [6, 6.07) is 19.7. The number of thiocarbonyl (C=S) groups is 1. The summed E-state index contributed by atoms with van der Waals surface area (Å²) in [7, 11) is -0.738. The summed E-state index contributed by atoms with van der Waals surface area (Å²) < 4.78 is 39.3. The Morgan fingerprint density at radius 1 is 1.02 bits per heavy atom. The van der Waals surface area contributed by atoms with Crippen LogP contribution >= 0.6 is 12.2 Å². The molecule has 2 N–H and O–H groups in total. The van der Waals surface area contributed by atoms with E-state index in [1.54, 1.807) is 30.5 Å². The Labute approximate surface area is 250 Å². The van der Waals surface area contributed by atoms with Gasteiger partial charge >= 0.3 is 5.97 Å². The van der Waals surface area contributed by atoms with Gasteiger partial charge < -0.3 is 24.3 Å². The van der Waals surface area contributed by atoms with Gasteiger partial charge in [-0.3, -0.25) is 9.71 Å².